The summed E-state index contributed by atoms with van der Waals surface area (Å²) in [5.74, 6) is 0.629. The molecule has 5 nitrogen and oxygen atoms in total. The minimum Gasteiger partial charge on any atom is -0.361 e. The van der Waals surface area contributed by atoms with Gasteiger partial charge in [0.2, 0.25) is 5.91 Å². The number of hydrogen-bond acceptors (Lipinski definition) is 4. The number of benzene rings is 1. The number of nitrogens with zero attached hydrogens (tertiary/aromatic N) is 1. The lowest BCUT2D eigenvalue weighted by molar-refractivity contribution is -0.113. The van der Waals surface area contributed by atoms with Crippen LogP contribution < -0.4 is 5.32 Å². The van der Waals surface area contributed by atoms with Gasteiger partial charge in [-0.25, -0.2) is 0 Å². The van der Waals surface area contributed by atoms with Crippen molar-refractivity contribution >= 4 is 22.4 Å². The Kier molecular flexibility index (Phi) is 4.90. The smallest absolute Gasteiger partial charge is 0.237 e. The monoisotopic (exact) mass is 306 g/mol. The molecule has 1 heterocycles. The van der Waals surface area contributed by atoms with Crippen LogP contribution >= 0.6 is 0 Å². The van der Waals surface area contributed by atoms with Crippen molar-refractivity contribution in [2.45, 2.75) is 26.5 Å². The minimum absolute atomic E-state index is 0.0437. The second-order valence-corrected chi connectivity index (χ2v) is 6.40. The maximum atomic E-state index is 12.1. The highest BCUT2D eigenvalue weighted by Crippen LogP contribution is 2.15. The number of anilines is 1. The zero-order valence-corrected chi connectivity index (χ0v) is 13.1. The average molecular weight is 306 g/mol. The Balaban J connectivity index is 1.90. The van der Waals surface area contributed by atoms with E-state index in [1.54, 1.807) is 13.8 Å². The van der Waals surface area contributed by atoms with Crippen molar-refractivity contribution < 1.29 is 13.5 Å². The summed E-state index contributed by atoms with van der Waals surface area (Å²) >= 11 is 0. The molecule has 0 aliphatic rings. The number of amides is 1. The largest absolute Gasteiger partial charge is 0.361 e. The van der Waals surface area contributed by atoms with Crippen LogP contribution in [0.3, 0.4) is 0 Å². The molecular formula is C15H18N2O3S. The van der Waals surface area contributed by atoms with Gasteiger partial charge in [0.15, 0.2) is 0 Å². The van der Waals surface area contributed by atoms with Crippen LogP contribution in [0.2, 0.25) is 0 Å². The van der Waals surface area contributed by atoms with Gasteiger partial charge in [-0.1, -0.05) is 22.9 Å². The summed E-state index contributed by atoms with van der Waals surface area (Å²) in [4.78, 5) is 11.9. The molecule has 1 aromatic heterocycles. The van der Waals surface area contributed by atoms with Crippen LogP contribution in [-0.4, -0.2) is 21.0 Å². The molecule has 0 saturated carbocycles. The second kappa shape index (κ2) is 6.67. The van der Waals surface area contributed by atoms with Crippen LogP contribution in [0.1, 0.15) is 22.6 Å². The van der Waals surface area contributed by atoms with E-state index in [-0.39, 0.29) is 17.4 Å². The Bertz CT molecular complexity index is 643. The fraction of sp³-hybridized carbons (Fsp3) is 0.333. The highest BCUT2D eigenvalue weighted by molar-refractivity contribution is 7.85. The number of carbonyl (C=O) groups is 1. The van der Waals surface area contributed by atoms with Gasteiger partial charge in [-0.05, 0) is 32.9 Å². The van der Waals surface area contributed by atoms with Crippen LogP contribution in [0.25, 0.3) is 0 Å². The molecule has 1 N–H and O–H groups in total. The molecule has 1 amide bonds. The van der Waals surface area contributed by atoms with E-state index in [1.807, 2.05) is 31.2 Å². The van der Waals surface area contributed by atoms with Crippen LogP contribution in [0.4, 0.5) is 5.69 Å². The van der Waals surface area contributed by atoms with Crippen molar-refractivity contribution in [3.63, 3.8) is 0 Å². The van der Waals surface area contributed by atoms with E-state index in [0.29, 0.717) is 11.4 Å². The normalized spacial score (nSPS) is 12.1. The Morgan fingerprint density at radius 1 is 1.24 bits per heavy atom. The third-order valence-electron chi connectivity index (χ3n) is 3.11. The number of aryl methyl sites for hydroxylation is 3. The van der Waals surface area contributed by atoms with Gasteiger partial charge in [0.25, 0.3) is 0 Å². The van der Waals surface area contributed by atoms with Crippen molar-refractivity contribution in [1.82, 2.24) is 5.16 Å². The molecule has 6 heteroatoms. The number of carbonyl (C=O) groups excluding carboxylic acids is 1. The van der Waals surface area contributed by atoms with Crippen LogP contribution in [0.15, 0.2) is 28.8 Å². The average Bonchev–Trinajstić information content (AvgIpc) is 2.73. The molecule has 0 spiro atoms. The first kappa shape index (κ1) is 15.4. The second-order valence-electron chi connectivity index (χ2n) is 4.95. The van der Waals surface area contributed by atoms with Crippen molar-refractivity contribution in [2.75, 3.05) is 11.1 Å². The highest BCUT2D eigenvalue weighted by atomic mass is 32.2. The van der Waals surface area contributed by atoms with E-state index in [4.69, 9.17) is 4.52 Å². The molecule has 112 valence electrons. The number of rotatable bonds is 5. The third-order valence-corrected chi connectivity index (χ3v) is 4.31. The quantitative estimate of drug-likeness (QED) is 0.921. The SMILES string of the molecule is Cc1ccc(NC(=O)C[S@@](=O)Cc2c(C)noc2C)cc1. The molecule has 0 bridgehead atoms. The standard InChI is InChI=1S/C15H18N2O3S/c1-10-4-6-13(7-5-10)16-15(18)9-21(19)8-14-11(2)17-20-12(14)3/h4-7H,8-9H2,1-3H3,(H,16,18)/t21-/m0/s1. The molecule has 2 rings (SSSR count). The minimum atomic E-state index is -1.29. The molecule has 0 aliphatic heterocycles. The maximum Gasteiger partial charge on any atom is 0.237 e. The molecule has 1 atom stereocenters. The Hall–Kier alpha value is -1.95. The molecule has 0 saturated heterocycles. The molecule has 0 radical (unpaired) electrons. The highest BCUT2D eigenvalue weighted by Gasteiger charge is 2.15. The zero-order chi connectivity index (χ0) is 15.4. The summed E-state index contributed by atoms with van der Waals surface area (Å²) in [6.45, 7) is 5.55. The van der Waals surface area contributed by atoms with Gasteiger partial charge in [-0.15, -0.1) is 0 Å². The summed E-state index contributed by atoms with van der Waals surface area (Å²) in [7, 11) is -1.29. The molecule has 2 aromatic rings. The van der Waals surface area contributed by atoms with Gasteiger partial charge in [0.05, 0.1) is 11.4 Å². The van der Waals surface area contributed by atoms with E-state index in [0.717, 1.165) is 16.8 Å². The van der Waals surface area contributed by atoms with E-state index in [1.165, 1.54) is 0 Å². The Labute approximate surface area is 126 Å². The first-order valence-corrected chi connectivity index (χ1v) is 8.07. The van der Waals surface area contributed by atoms with E-state index in [9.17, 15) is 9.00 Å². The van der Waals surface area contributed by atoms with Crippen molar-refractivity contribution in [3.8, 4) is 0 Å². The van der Waals surface area contributed by atoms with Gasteiger partial charge in [-0.3, -0.25) is 9.00 Å². The van der Waals surface area contributed by atoms with Gasteiger partial charge in [0.1, 0.15) is 11.5 Å². The third kappa shape index (κ3) is 4.26. The van der Waals surface area contributed by atoms with Gasteiger partial charge in [0, 0.05) is 22.1 Å². The van der Waals surface area contributed by atoms with Gasteiger partial charge < -0.3 is 9.84 Å². The number of nitrogens with one attached hydrogen (secondary N) is 1. The first-order valence-electron chi connectivity index (χ1n) is 6.59. The lowest BCUT2D eigenvalue weighted by Crippen LogP contribution is -2.20. The van der Waals surface area contributed by atoms with E-state index >= 15 is 0 Å². The Morgan fingerprint density at radius 3 is 2.48 bits per heavy atom. The predicted molar refractivity (Wildman–Crippen MR) is 82.5 cm³/mol. The van der Waals surface area contributed by atoms with Crippen LogP contribution in [-0.2, 0) is 21.3 Å². The summed E-state index contributed by atoms with van der Waals surface area (Å²) in [5, 5.41) is 6.55. The molecule has 0 unspecified atom stereocenters. The van der Waals surface area contributed by atoms with Crippen molar-refractivity contribution in [3.05, 3.63) is 46.8 Å². The lowest BCUT2D eigenvalue weighted by Gasteiger charge is -2.05. The Morgan fingerprint density at radius 2 is 1.90 bits per heavy atom. The van der Waals surface area contributed by atoms with E-state index < -0.39 is 10.8 Å². The molecule has 0 fully saturated rings. The summed E-state index contributed by atoms with van der Waals surface area (Å²) in [5.41, 5.74) is 3.37. The molecule has 21 heavy (non-hydrogen) atoms. The maximum absolute atomic E-state index is 12.1. The fourth-order valence-corrected chi connectivity index (χ4v) is 3.10. The summed E-state index contributed by atoms with van der Waals surface area (Å²) in [6.07, 6.45) is 0. The van der Waals surface area contributed by atoms with Crippen molar-refractivity contribution in [1.29, 1.82) is 0 Å². The first-order chi connectivity index (χ1) is 9.95. The zero-order valence-electron chi connectivity index (χ0n) is 12.3. The van der Waals surface area contributed by atoms with Crippen molar-refractivity contribution in [2.24, 2.45) is 0 Å². The van der Waals surface area contributed by atoms with Crippen LogP contribution in [0.5, 0.6) is 0 Å². The fourth-order valence-electron chi connectivity index (χ4n) is 1.90. The molecule has 1 aromatic carbocycles. The van der Waals surface area contributed by atoms with E-state index in [2.05, 4.69) is 10.5 Å². The summed E-state index contributed by atoms with van der Waals surface area (Å²) in [6, 6.07) is 7.47. The van der Waals surface area contributed by atoms with Gasteiger partial charge in [-0.2, -0.15) is 0 Å². The summed E-state index contributed by atoms with van der Waals surface area (Å²) < 4.78 is 17.1. The number of hydrogen-bond donors (Lipinski definition) is 1. The van der Waals surface area contributed by atoms with Gasteiger partial charge >= 0.3 is 0 Å². The topological polar surface area (TPSA) is 72.2 Å². The molecule has 0 aliphatic carbocycles. The van der Waals surface area contributed by atoms with Crippen LogP contribution in [0, 0.1) is 20.8 Å². The lowest BCUT2D eigenvalue weighted by atomic mass is 10.2. The predicted octanol–water partition coefficient (Wildman–Crippen LogP) is 2.49. The molecular weight excluding hydrogens is 288 g/mol. The number of aromatic nitrogens is 1.